The van der Waals surface area contributed by atoms with Gasteiger partial charge in [0.15, 0.2) is 5.82 Å². The van der Waals surface area contributed by atoms with Gasteiger partial charge in [-0.15, -0.1) is 0 Å². The lowest BCUT2D eigenvalue weighted by molar-refractivity contribution is -0.143. The summed E-state index contributed by atoms with van der Waals surface area (Å²) in [6.07, 6.45) is 3.53. The number of aryl methyl sites for hydroxylation is 3. The van der Waals surface area contributed by atoms with Crippen LogP contribution in [0.1, 0.15) is 28.4 Å². The number of carbonyl (C=O) groups is 2. The zero-order valence-electron chi connectivity index (χ0n) is 18.2. The Morgan fingerprint density at radius 1 is 1.29 bits per heavy atom. The fourth-order valence-electron chi connectivity index (χ4n) is 5.06. The van der Waals surface area contributed by atoms with E-state index in [2.05, 4.69) is 42.2 Å². The minimum Gasteiger partial charge on any atom is -0.360 e. The molecule has 1 spiro atoms. The first-order valence-electron chi connectivity index (χ1n) is 10.5. The molecule has 162 valence electrons. The monoisotopic (exact) mass is 422 g/mol. The summed E-state index contributed by atoms with van der Waals surface area (Å²) >= 11 is 0. The first-order chi connectivity index (χ1) is 14.8. The van der Waals surface area contributed by atoms with E-state index < -0.39 is 17.4 Å². The molecule has 4 atom stereocenters. The van der Waals surface area contributed by atoms with Crippen LogP contribution in [0, 0.1) is 32.6 Å². The third-order valence-corrected chi connectivity index (χ3v) is 6.73. The van der Waals surface area contributed by atoms with E-state index in [4.69, 9.17) is 9.26 Å². The van der Waals surface area contributed by atoms with Crippen molar-refractivity contribution in [2.24, 2.45) is 11.8 Å². The van der Waals surface area contributed by atoms with Crippen molar-refractivity contribution in [1.82, 2.24) is 19.9 Å². The molecule has 2 bridgehead atoms. The van der Waals surface area contributed by atoms with Gasteiger partial charge in [0.2, 0.25) is 17.7 Å². The van der Waals surface area contributed by atoms with Crippen LogP contribution in [0.15, 0.2) is 34.9 Å². The molecule has 2 fully saturated rings. The molecule has 2 amide bonds. The van der Waals surface area contributed by atoms with E-state index in [9.17, 15) is 9.59 Å². The van der Waals surface area contributed by atoms with Crippen LogP contribution in [-0.4, -0.2) is 57.1 Å². The number of nitrogens with zero attached hydrogens (tertiary/aromatic N) is 4. The van der Waals surface area contributed by atoms with E-state index in [0.29, 0.717) is 24.8 Å². The van der Waals surface area contributed by atoms with Crippen LogP contribution < -0.4 is 0 Å². The highest BCUT2D eigenvalue weighted by Gasteiger charge is 2.67. The molecule has 2 unspecified atom stereocenters. The Morgan fingerprint density at radius 3 is 2.81 bits per heavy atom. The van der Waals surface area contributed by atoms with Gasteiger partial charge in [0, 0.05) is 13.6 Å². The number of hydrogen-bond acceptors (Lipinski definition) is 6. The summed E-state index contributed by atoms with van der Waals surface area (Å²) < 4.78 is 11.4. The number of amides is 2. The maximum atomic E-state index is 13.4. The summed E-state index contributed by atoms with van der Waals surface area (Å²) in [5.74, 6) is -0.320. The molecule has 2 saturated heterocycles. The van der Waals surface area contributed by atoms with Crippen molar-refractivity contribution in [3.05, 3.63) is 58.8 Å². The lowest BCUT2D eigenvalue weighted by Crippen LogP contribution is -2.44. The van der Waals surface area contributed by atoms with Crippen molar-refractivity contribution in [2.75, 3.05) is 13.6 Å². The Labute approximate surface area is 180 Å². The molecule has 8 nitrogen and oxygen atoms in total. The first kappa shape index (κ1) is 19.9. The summed E-state index contributed by atoms with van der Waals surface area (Å²) in [6, 6.07) is 6.25. The van der Waals surface area contributed by atoms with Crippen molar-refractivity contribution in [2.45, 2.75) is 45.6 Å². The normalized spacial score (nSPS) is 28.5. The zero-order chi connectivity index (χ0) is 21.9. The fourth-order valence-corrected chi connectivity index (χ4v) is 5.06. The van der Waals surface area contributed by atoms with Gasteiger partial charge in [-0.2, -0.15) is 4.98 Å². The van der Waals surface area contributed by atoms with Crippen LogP contribution in [0.3, 0.4) is 0 Å². The predicted octanol–water partition coefficient (Wildman–Crippen LogP) is 1.94. The number of ether oxygens (including phenoxy) is 1. The van der Waals surface area contributed by atoms with Crippen LogP contribution in [0.2, 0.25) is 0 Å². The number of rotatable bonds is 5. The maximum absolute atomic E-state index is 13.4. The third kappa shape index (κ3) is 3.17. The Morgan fingerprint density at radius 2 is 2.10 bits per heavy atom. The average molecular weight is 422 g/mol. The van der Waals surface area contributed by atoms with Crippen LogP contribution in [0.25, 0.3) is 0 Å². The molecule has 0 radical (unpaired) electrons. The second kappa shape index (κ2) is 7.02. The summed E-state index contributed by atoms with van der Waals surface area (Å²) in [5.41, 5.74) is 2.79. The van der Waals surface area contributed by atoms with Gasteiger partial charge in [0.05, 0.1) is 31.0 Å². The summed E-state index contributed by atoms with van der Waals surface area (Å²) in [7, 11) is 1.69. The maximum Gasteiger partial charge on any atom is 0.246 e. The van der Waals surface area contributed by atoms with Gasteiger partial charge in [-0.05, 0) is 37.5 Å². The number of benzene rings is 1. The van der Waals surface area contributed by atoms with Crippen molar-refractivity contribution in [3.8, 4) is 0 Å². The van der Waals surface area contributed by atoms with Gasteiger partial charge in [0.1, 0.15) is 5.60 Å². The van der Waals surface area contributed by atoms with Crippen LogP contribution in [-0.2, 0) is 27.4 Å². The zero-order valence-corrected chi connectivity index (χ0v) is 18.2. The van der Waals surface area contributed by atoms with Crippen molar-refractivity contribution in [1.29, 1.82) is 0 Å². The van der Waals surface area contributed by atoms with E-state index in [1.54, 1.807) is 18.9 Å². The molecule has 0 aliphatic carbocycles. The van der Waals surface area contributed by atoms with E-state index in [1.807, 2.05) is 17.1 Å². The second-order valence-corrected chi connectivity index (χ2v) is 8.94. The Bertz CT molecular complexity index is 1090. The highest BCUT2D eigenvalue weighted by atomic mass is 16.5. The highest BCUT2D eigenvalue weighted by Crippen LogP contribution is 2.52. The number of aromatic nitrogens is 2. The highest BCUT2D eigenvalue weighted by molar-refractivity contribution is 5.93. The number of fused-ring (bicyclic) bond motifs is 1. The summed E-state index contributed by atoms with van der Waals surface area (Å²) in [5, 5.41) is 3.77. The molecule has 0 N–H and O–H groups in total. The third-order valence-electron chi connectivity index (χ3n) is 6.73. The quantitative estimate of drug-likeness (QED) is 0.684. The molecular formula is C23H26N4O4. The SMILES string of the molecule is Cc1noc(CN(C)C(=O)C2C3C(=O)N(Cc4ccc(C)c(C)c4)C[C@@]34C=C[C@@H]2O4)n1. The van der Waals surface area contributed by atoms with Gasteiger partial charge in [-0.25, -0.2) is 0 Å². The Kier molecular flexibility index (Phi) is 4.51. The molecule has 5 rings (SSSR count). The largest absolute Gasteiger partial charge is 0.360 e. The van der Waals surface area contributed by atoms with Crippen molar-refractivity contribution >= 4 is 11.8 Å². The van der Waals surface area contributed by atoms with Crippen molar-refractivity contribution in [3.63, 3.8) is 0 Å². The van der Waals surface area contributed by atoms with Crippen LogP contribution in [0.4, 0.5) is 0 Å². The summed E-state index contributed by atoms with van der Waals surface area (Å²) in [4.78, 5) is 34.3. The predicted molar refractivity (Wildman–Crippen MR) is 111 cm³/mol. The first-order valence-corrected chi connectivity index (χ1v) is 10.5. The topological polar surface area (TPSA) is 88.8 Å². The summed E-state index contributed by atoms with van der Waals surface area (Å²) in [6.45, 7) is 7.05. The standard InChI is InChI=1S/C23H26N4O4/c1-13-5-6-16(9-14(13)2)10-27-12-23-8-7-17(30-23)19(20(23)22(27)29)21(28)26(4)11-18-24-15(3)25-31-18/h5-9,17,19-20H,10-12H2,1-4H3/t17-,19?,20?,23-/m0/s1. The fraction of sp³-hybridized carbons (Fsp3) is 0.478. The second-order valence-electron chi connectivity index (χ2n) is 8.94. The lowest BCUT2D eigenvalue weighted by atomic mass is 9.76. The molecular weight excluding hydrogens is 396 g/mol. The molecule has 3 aliphatic heterocycles. The lowest BCUT2D eigenvalue weighted by Gasteiger charge is -2.27. The number of hydrogen-bond donors (Lipinski definition) is 0. The molecule has 1 aromatic carbocycles. The van der Waals surface area contributed by atoms with Crippen LogP contribution in [0.5, 0.6) is 0 Å². The number of carbonyl (C=O) groups excluding carboxylic acids is 2. The van der Waals surface area contributed by atoms with Gasteiger partial charge in [-0.1, -0.05) is 35.5 Å². The van der Waals surface area contributed by atoms with Gasteiger partial charge >= 0.3 is 0 Å². The molecule has 8 heteroatoms. The van der Waals surface area contributed by atoms with E-state index in [1.165, 1.54) is 11.1 Å². The Balaban J connectivity index is 1.35. The minimum absolute atomic E-state index is 0.0227. The molecule has 31 heavy (non-hydrogen) atoms. The van der Waals surface area contributed by atoms with Crippen LogP contribution >= 0.6 is 0 Å². The van der Waals surface area contributed by atoms with E-state index >= 15 is 0 Å². The molecule has 0 saturated carbocycles. The molecule has 4 heterocycles. The van der Waals surface area contributed by atoms with Gasteiger partial charge in [0.25, 0.3) is 0 Å². The molecule has 1 aromatic heterocycles. The minimum atomic E-state index is -0.719. The van der Waals surface area contributed by atoms with Gasteiger partial charge in [-0.3, -0.25) is 9.59 Å². The smallest absolute Gasteiger partial charge is 0.246 e. The van der Waals surface area contributed by atoms with E-state index in [-0.39, 0.29) is 24.5 Å². The molecule has 2 aromatic rings. The number of likely N-dealkylation sites (tertiary alicyclic amines) is 1. The molecule has 3 aliphatic rings. The average Bonchev–Trinajstić information content (AvgIpc) is 3.46. The Hall–Kier alpha value is -3.00. The van der Waals surface area contributed by atoms with Gasteiger partial charge < -0.3 is 19.1 Å². The van der Waals surface area contributed by atoms with Crippen molar-refractivity contribution < 1.29 is 18.8 Å². The van der Waals surface area contributed by atoms with E-state index in [0.717, 1.165) is 5.56 Å².